The molecule has 0 unspecified atom stereocenters. The number of nitrogens with zero attached hydrogens (tertiary/aromatic N) is 2. The van der Waals surface area contributed by atoms with E-state index in [4.69, 9.17) is 0 Å². The summed E-state index contributed by atoms with van der Waals surface area (Å²) in [5.41, 5.74) is 21.0. The Hall–Kier alpha value is -3.76. The van der Waals surface area contributed by atoms with Crippen molar-refractivity contribution >= 4 is 71.4 Å². The molecule has 12 rings (SSSR count). The van der Waals surface area contributed by atoms with Crippen molar-refractivity contribution in [2.45, 2.75) is 71.1 Å². The minimum atomic E-state index is 0.256. The van der Waals surface area contributed by atoms with Gasteiger partial charge in [0.15, 0.2) is 0 Å². The predicted octanol–water partition coefficient (Wildman–Crippen LogP) is 8.09. The molecule has 2 aliphatic heterocycles. The topological polar surface area (TPSA) is 9.34 Å². The molecule has 1 fully saturated rings. The van der Waals surface area contributed by atoms with Crippen LogP contribution in [0.5, 0.6) is 0 Å². The molecule has 5 aliphatic rings. The first-order valence-electron chi connectivity index (χ1n) is 16.1. The number of fused-ring (bicyclic) bond motifs is 15. The van der Waals surface area contributed by atoms with Crippen molar-refractivity contribution in [2.24, 2.45) is 0 Å². The number of benzene rings is 4. The van der Waals surface area contributed by atoms with Gasteiger partial charge < -0.3 is 0 Å². The third-order valence-corrected chi connectivity index (χ3v) is 13.4. The molecule has 5 heterocycles. The summed E-state index contributed by atoms with van der Waals surface area (Å²) in [6.07, 6.45) is 5.28. The van der Waals surface area contributed by atoms with Crippen LogP contribution < -0.4 is 16.4 Å². The number of aromatic nitrogens is 2. The van der Waals surface area contributed by atoms with E-state index in [0.29, 0.717) is 10.8 Å². The van der Waals surface area contributed by atoms with Crippen molar-refractivity contribution in [1.82, 2.24) is 8.97 Å². The van der Waals surface area contributed by atoms with Gasteiger partial charge in [-0.2, -0.15) is 0 Å². The molecule has 1 saturated carbocycles. The number of hydrogen-bond acceptors (Lipinski definition) is 1. The lowest BCUT2D eigenvalue weighted by molar-refractivity contribution is 0.188. The van der Waals surface area contributed by atoms with E-state index < -0.39 is 0 Å². The first-order chi connectivity index (χ1) is 20.8. The molecule has 2 bridgehead atoms. The van der Waals surface area contributed by atoms with Gasteiger partial charge in [0.05, 0.1) is 11.0 Å². The summed E-state index contributed by atoms with van der Waals surface area (Å²) in [5, 5.41) is 2.88. The molecule has 0 saturated heterocycles. The van der Waals surface area contributed by atoms with E-state index in [9.17, 15) is 0 Å². The fourth-order valence-electron chi connectivity index (χ4n) is 10.2. The molecule has 0 spiro atoms. The Kier molecular flexibility index (Phi) is 3.93. The summed E-state index contributed by atoms with van der Waals surface area (Å²) in [5.74, 6) is 0. The second-order valence-electron chi connectivity index (χ2n) is 14.9. The van der Waals surface area contributed by atoms with Gasteiger partial charge in [-0.05, 0) is 125 Å². The van der Waals surface area contributed by atoms with Crippen molar-refractivity contribution < 1.29 is 0 Å². The van der Waals surface area contributed by atoms with Gasteiger partial charge >= 0.3 is 0 Å². The highest BCUT2D eigenvalue weighted by Gasteiger charge is 2.51. The Labute approximate surface area is 256 Å². The Bertz CT molecular complexity index is 2470. The van der Waals surface area contributed by atoms with Crippen molar-refractivity contribution in [3.8, 4) is 16.8 Å². The quantitative estimate of drug-likeness (QED) is 0.163. The van der Waals surface area contributed by atoms with Gasteiger partial charge in [-0.1, -0.05) is 61.8 Å². The standard InChI is InChI=1S/C39H33BN2S/c1-20-14-22(3)35-30(17-20)42-36-34(32-23-8-6-7-9-31(23)43-37(32)42)40-28-19-27-26(38(4)10-12-39(27,5)13-11-38)18-24(28)25-15-21(2)16-29(33(25)40)41(35)36/h6-9,14-19H,10-13H2,1-5H3. The average Bonchev–Trinajstić information content (AvgIpc) is 3.70. The molecule has 0 radical (unpaired) electrons. The number of imidazole rings is 1. The number of rotatable bonds is 0. The lowest BCUT2D eigenvalue weighted by Gasteiger charge is -2.52. The van der Waals surface area contributed by atoms with E-state index >= 15 is 0 Å². The number of aryl methyl sites for hydroxylation is 3. The van der Waals surface area contributed by atoms with Gasteiger partial charge in [0.25, 0.3) is 6.71 Å². The molecule has 0 amide bonds. The Morgan fingerprint density at radius 3 is 2.28 bits per heavy atom. The fourth-order valence-corrected chi connectivity index (χ4v) is 11.4. The van der Waals surface area contributed by atoms with Crippen LogP contribution in [0.3, 0.4) is 0 Å². The van der Waals surface area contributed by atoms with E-state index in [1.807, 2.05) is 11.3 Å². The van der Waals surface area contributed by atoms with Crippen LogP contribution in [0, 0.1) is 20.8 Å². The zero-order chi connectivity index (χ0) is 28.7. The van der Waals surface area contributed by atoms with Crippen LogP contribution in [0.1, 0.15) is 67.3 Å². The van der Waals surface area contributed by atoms with Gasteiger partial charge in [0.1, 0.15) is 10.5 Å². The zero-order valence-corrected chi connectivity index (χ0v) is 26.3. The summed E-state index contributed by atoms with van der Waals surface area (Å²) in [6.45, 7) is 12.2. The molecule has 7 aromatic rings. The Balaban J connectivity index is 1.38. The summed E-state index contributed by atoms with van der Waals surface area (Å²) >= 11 is 1.97. The number of thiophene rings is 1. The van der Waals surface area contributed by atoms with Crippen LogP contribution in [0.2, 0.25) is 0 Å². The Morgan fingerprint density at radius 2 is 1.49 bits per heavy atom. The maximum Gasteiger partial charge on any atom is 0.251 e. The lowest BCUT2D eigenvalue weighted by atomic mass is 9.37. The molecule has 3 aliphatic carbocycles. The molecular formula is C39H33BN2S. The monoisotopic (exact) mass is 572 g/mol. The van der Waals surface area contributed by atoms with Gasteiger partial charge in [-0.3, -0.25) is 8.97 Å². The van der Waals surface area contributed by atoms with Crippen LogP contribution in [-0.4, -0.2) is 15.7 Å². The van der Waals surface area contributed by atoms with Crippen LogP contribution in [-0.2, 0) is 10.8 Å². The summed E-state index contributed by atoms with van der Waals surface area (Å²) in [4.78, 5) is 1.40. The van der Waals surface area contributed by atoms with Crippen molar-refractivity contribution in [1.29, 1.82) is 0 Å². The Morgan fingerprint density at radius 1 is 0.767 bits per heavy atom. The largest absolute Gasteiger partial charge is 0.295 e. The molecule has 4 aromatic carbocycles. The third kappa shape index (κ3) is 2.52. The van der Waals surface area contributed by atoms with Gasteiger partial charge in [-0.15, -0.1) is 11.3 Å². The zero-order valence-electron chi connectivity index (χ0n) is 25.5. The lowest BCUT2D eigenvalue weighted by Crippen LogP contribution is -2.54. The molecule has 43 heavy (non-hydrogen) atoms. The van der Waals surface area contributed by atoms with Crippen LogP contribution >= 0.6 is 11.3 Å². The van der Waals surface area contributed by atoms with Crippen LogP contribution in [0.4, 0.5) is 0 Å². The highest BCUT2D eigenvalue weighted by atomic mass is 32.1. The predicted molar refractivity (Wildman–Crippen MR) is 185 cm³/mol. The van der Waals surface area contributed by atoms with Crippen molar-refractivity contribution in [3.05, 3.63) is 88.5 Å². The molecule has 4 heteroatoms. The van der Waals surface area contributed by atoms with Gasteiger partial charge in [-0.25, -0.2) is 0 Å². The van der Waals surface area contributed by atoms with E-state index in [1.165, 1.54) is 107 Å². The van der Waals surface area contributed by atoms with Gasteiger partial charge in [0.2, 0.25) is 0 Å². The van der Waals surface area contributed by atoms with Crippen molar-refractivity contribution in [2.75, 3.05) is 0 Å². The minimum Gasteiger partial charge on any atom is -0.295 e. The molecule has 3 aromatic heterocycles. The summed E-state index contributed by atoms with van der Waals surface area (Å²) in [6, 6.07) is 24.3. The van der Waals surface area contributed by atoms with E-state index in [2.05, 4.69) is 104 Å². The molecule has 0 N–H and O–H groups in total. The SMILES string of the molecule is Cc1cc2c3c(c1)-n1c4c(C)cc(C)cc4n4c5sc6ccccc6c5c(c14)B3c1cc3c(cc1-2)C1(C)CCC3(C)CC1. The highest BCUT2D eigenvalue weighted by Crippen LogP contribution is 2.57. The second-order valence-corrected chi connectivity index (χ2v) is 16.0. The second kappa shape index (κ2) is 7.13. The molecular weight excluding hydrogens is 539 g/mol. The third-order valence-electron chi connectivity index (χ3n) is 12.3. The maximum absolute atomic E-state index is 2.71. The first-order valence-corrected chi connectivity index (χ1v) is 16.9. The van der Waals surface area contributed by atoms with E-state index in [1.54, 1.807) is 16.6 Å². The number of hydrogen-bond donors (Lipinski definition) is 0. The van der Waals surface area contributed by atoms with Gasteiger partial charge in [0, 0.05) is 21.2 Å². The van der Waals surface area contributed by atoms with Crippen molar-refractivity contribution in [3.63, 3.8) is 0 Å². The normalized spacial score (nSPS) is 22.8. The van der Waals surface area contributed by atoms with Crippen LogP contribution in [0.15, 0.2) is 60.7 Å². The smallest absolute Gasteiger partial charge is 0.251 e. The summed E-state index contributed by atoms with van der Waals surface area (Å²) in [7, 11) is 0. The molecule has 2 nitrogen and oxygen atoms in total. The van der Waals surface area contributed by atoms with Crippen LogP contribution in [0.25, 0.3) is 53.8 Å². The summed E-state index contributed by atoms with van der Waals surface area (Å²) < 4.78 is 6.68. The van der Waals surface area contributed by atoms with E-state index in [-0.39, 0.29) is 6.71 Å². The minimum absolute atomic E-state index is 0.256. The first kappa shape index (κ1) is 23.7. The average molecular weight is 573 g/mol. The fraction of sp³-hybridized carbons (Fsp3) is 0.282. The maximum atomic E-state index is 2.71. The van der Waals surface area contributed by atoms with E-state index in [0.717, 1.165) is 0 Å². The molecule has 208 valence electrons. The molecule has 0 atom stereocenters. The highest BCUT2D eigenvalue weighted by molar-refractivity contribution is 7.26.